The Hall–Kier alpha value is -1.29. The monoisotopic (exact) mass is 352 g/mol. The standard InChI is InChI=1S/C11H17N2O8P.CH4/c1-6-4-13(11(16)12-10(6)15)9-3-7(14)8(21-9)5-20-22(17,18)19-2;/h4,7-9,14H,3,5H2,1-2H3,(H,17,18)(H,12,15,16);1H4/t7-,8-,9-;/m1./s1. The van der Waals surface area contributed by atoms with E-state index in [1.54, 1.807) is 0 Å². The van der Waals surface area contributed by atoms with E-state index >= 15 is 0 Å². The number of aromatic nitrogens is 2. The van der Waals surface area contributed by atoms with Gasteiger partial charge in [-0.2, -0.15) is 0 Å². The predicted octanol–water partition coefficient (Wildman–Crippen LogP) is -0.107. The second-order valence-corrected chi connectivity index (χ2v) is 6.42. The van der Waals surface area contributed by atoms with Crippen LogP contribution in [-0.2, 0) is 18.3 Å². The number of rotatable bonds is 5. The molecule has 1 aromatic heterocycles. The van der Waals surface area contributed by atoms with Gasteiger partial charge in [0.1, 0.15) is 12.3 Å². The summed E-state index contributed by atoms with van der Waals surface area (Å²) in [6.07, 6.45) is -1.32. The van der Waals surface area contributed by atoms with Gasteiger partial charge < -0.3 is 14.7 Å². The maximum atomic E-state index is 11.8. The molecule has 0 radical (unpaired) electrons. The van der Waals surface area contributed by atoms with Gasteiger partial charge in [-0.3, -0.25) is 23.4 Å². The molecule has 4 atom stereocenters. The first-order chi connectivity index (χ1) is 10.2. The maximum absolute atomic E-state index is 11.8. The SMILES string of the molecule is C.COP(=O)(O)OC[C@H]1O[C@@H](n2cc(C)c(=O)[nH]c2=O)C[C@H]1O. The summed E-state index contributed by atoms with van der Waals surface area (Å²) in [6, 6.07) is 0. The first-order valence-electron chi connectivity index (χ1n) is 6.42. The lowest BCUT2D eigenvalue weighted by molar-refractivity contribution is -0.0458. The van der Waals surface area contributed by atoms with Crippen molar-refractivity contribution in [1.82, 2.24) is 9.55 Å². The molecule has 1 aliphatic heterocycles. The van der Waals surface area contributed by atoms with Gasteiger partial charge in [-0.1, -0.05) is 7.43 Å². The molecule has 1 saturated heterocycles. The Labute approximate surface area is 132 Å². The van der Waals surface area contributed by atoms with Gasteiger partial charge in [0.15, 0.2) is 0 Å². The van der Waals surface area contributed by atoms with Gasteiger partial charge in [-0.25, -0.2) is 9.36 Å². The van der Waals surface area contributed by atoms with E-state index in [4.69, 9.17) is 9.63 Å². The molecule has 11 heteroatoms. The van der Waals surface area contributed by atoms with E-state index < -0.39 is 37.5 Å². The van der Waals surface area contributed by atoms with Crippen LogP contribution in [0.3, 0.4) is 0 Å². The van der Waals surface area contributed by atoms with Gasteiger partial charge in [0.05, 0.1) is 12.7 Å². The molecule has 2 heterocycles. The van der Waals surface area contributed by atoms with E-state index in [1.807, 2.05) is 0 Å². The average molecular weight is 352 g/mol. The predicted molar refractivity (Wildman–Crippen MR) is 80.1 cm³/mol. The second-order valence-electron chi connectivity index (χ2n) is 4.86. The van der Waals surface area contributed by atoms with Crippen LogP contribution in [0.2, 0.25) is 0 Å². The van der Waals surface area contributed by atoms with Crippen LogP contribution in [0.5, 0.6) is 0 Å². The van der Waals surface area contributed by atoms with Gasteiger partial charge in [-0.15, -0.1) is 0 Å². The molecule has 0 saturated carbocycles. The summed E-state index contributed by atoms with van der Waals surface area (Å²) in [5.74, 6) is 0. The van der Waals surface area contributed by atoms with Gasteiger partial charge in [0.2, 0.25) is 0 Å². The minimum absolute atomic E-state index is 0. The maximum Gasteiger partial charge on any atom is 0.472 e. The van der Waals surface area contributed by atoms with Crippen molar-refractivity contribution in [2.45, 2.75) is 39.2 Å². The minimum Gasteiger partial charge on any atom is -0.390 e. The number of hydrogen-bond acceptors (Lipinski definition) is 7. The Morgan fingerprint density at radius 1 is 1.52 bits per heavy atom. The van der Waals surface area contributed by atoms with E-state index in [0.29, 0.717) is 5.56 Å². The van der Waals surface area contributed by atoms with E-state index in [1.165, 1.54) is 13.1 Å². The molecule has 0 spiro atoms. The number of aliphatic hydroxyl groups excluding tert-OH is 1. The number of phosphoric acid groups is 1. The summed E-state index contributed by atoms with van der Waals surface area (Å²) in [6.45, 7) is 1.15. The van der Waals surface area contributed by atoms with Crippen molar-refractivity contribution >= 4 is 7.82 Å². The Balaban J connectivity index is 0.00000264. The molecule has 1 unspecified atom stereocenters. The largest absolute Gasteiger partial charge is 0.472 e. The molecule has 3 N–H and O–H groups in total. The van der Waals surface area contributed by atoms with Crippen LogP contribution in [-0.4, -0.2) is 45.5 Å². The van der Waals surface area contributed by atoms with Crippen molar-refractivity contribution in [3.8, 4) is 0 Å². The Morgan fingerprint density at radius 3 is 2.78 bits per heavy atom. The van der Waals surface area contributed by atoms with E-state index in [-0.39, 0.29) is 20.5 Å². The number of nitrogens with zero attached hydrogens (tertiary/aromatic N) is 1. The molecular formula is C12H21N2O8P. The van der Waals surface area contributed by atoms with Crippen molar-refractivity contribution in [3.05, 3.63) is 32.6 Å². The highest BCUT2D eigenvalue weighted by Gasteiger charge is 2.37. The third kappa shape index (κ3) is 4.60. The number of nitrogens with one attached hydrogen (secondary N) is 1. The Bertz CT molecular complexity index is 699. The summed E-state index contributed by atoms with van der Waals surface area (Å²) >= 11 is 0. The van der Waals surface area contributed by atoms with Crippen molar-refractivity contribution in [2.24, 2.45) is 0 Å². The topological polar surface area (TPSA) is 140 Å². The van der Waals surface area contributed by atoms with Gasteiger partial charge >= 0.3 is 13.5 Å². The third-order valence-corrected chi connectivity index (χ3v) is 4.23. The van der Waals surface area contributed by atoms with Gasteiger partial charge in [0, 0.05) is 25.3 Å². The molecule has 0 aliphatic carbocycles. The normalized spacial score (nSPS) is 26.5. The van der Waals surface area contributed by atoms with Crippen molar-refractivity contribution in [3.63, 3.8) is 0 Å². The number of aryl methyl sites for hydroxylation is 1. The van der Waals surface area contributed by atoms with Crippen LogP contribution in [0, 0.1) is 6.92 Å². The minimum atomic E-state index is -4.18. The highest BCUT2D eigenvalue weighted by atomic mass is 31.2. The molecule has 23 heavy (non-hydrogen) atoms. The summed E-state index contributed by atoms with van der Waals surface area (Å²) in [5, 5.41) is 9.90. The molecule has 1 aromatic rings. The number of ether oxygens (including phenoxy) is 1. The van der Waals surface area contributed by atoms with Crippen LogP contribution in [0.1, 0.15) is 25.6 Å². The fourth-order valence-corrected chi connectivity index (χ4v) is 2.50. The lowest BCUT2D eigenvalue weighted by Gasteiger charge is -2.17. The summed E-state index contributed by atoms with van der Waals surface area (Å²) in [4.78, 5) is 34.4. The van der Waals surface area contributed by atoms with Crippen LogP contribution >= 0.6 is 7.82 Å². The zero-order valence-electron chi connectivity index (χ0n) is 12.0. The molecule has 0 bridgehead atoms. The molecule has 132 valence electrons. The average Bonchev–Trinajstić information content (AvgIpc) is 2.82. The third-order valence-electron chi connectivity index (χ3n) is 3.29. The lowest BCUT2D eigenvalue weighted by atomic mass is 10.2. The van der Waals surface area contributed by atoms with Crippen molar-refractivity contribution in [2.75, 3.05) is 13.7 Å². The molecule has 10 nitrogen and oxygen atoms in total. The summed E-state index contributed by atoms with van der Waals surface area (Å²) in [5.41, 5.74) is -0.850. The van der Waals surface area contributed by atoms with Crippen molar-refractivity contribution in [1.29, 1.82) is 0 Å². The molecule has 1 aliphatic rings. The summed E-state index contributed by atoms with van der Waals surface area (Å²) in [7, 11) is -3.16. The molecule has 1 fully saturated rings. The van der Waals surface area contributed by atoms with Crippen LogP contribution in [0.4, 0.5) is 0 Å². The quantitative estimate of drug-likeness (QED) is 0.624. The van der Waals surface area contributed by atoms with E-state index in [2.05, 4.69) is 14.0 Å². The first kappa shape index (κ1) is 19.8. The highest BCUT2D eigenvalue weighted by Crippen LogP contribution is 2.43. The van der Waals surface area contributed by atoms with Crippen LogP contribution in [0.25, 0.3) is 0 Å². The molecule has 2 rings (SSSR count). The number of aromatic amines is 1. The van der Waals surface area contributed by atoms with Crippen molar-refractivity contribution < 1.29 is 28.3 Å². The number of H-pyrrole nitrogens is 1. The van der Waals surface area contributed by atoms with E-state index in [9.17, 15) is 19.3 Å². The number of hydrogen-bond donors (Lipinski definition) is 3. The molecular weight excluding hydrogens is 331 g/mol. The highest BCUT2D eigenvalue weighted by molar-refractivity contribution is 7.47. The number of aliphatic hydroxyl groups is 1. The van der Waals surface area contributed by atoms with Gasteiger partial charge in [0.25, 0.3) is 5.56 Å². The Morgan fingerprint density at radius 2 is 2.17 bits per heavy atom. The first-order valence-corrected chi connectivity index (χ1v) is 7.91. The fourth-order valence-electron chi connectivity index (χ4n) is 2.06. The summed E-state index contributed by atoms with van der Waals surface area (Å²) < 4.78 is 26.7. The zero-order chi connectivity index (χ0) is 16.5. The molecule has 0 aromatic carbocycles. The van der Waals surface area contributed by atoms with Gasteiger partial charge in [-0.05, 0) is 6.92 Å². The lowest BCUT2D eigenvalue weighted by Crippen LogP contribution is -2.33. The molecule has 0 amide bonds. The van der Waals surface area contributed by atoms with E-state index in [0.717, 1.165) is 11.7 Å². The fraction of sp³-hybridized carbons (Fsp3) is 0.667. The van der Waals surface area contributed by atoms with Crippen LogP contribution in [0.15, 0.2) is 15.8 Å². The Kier molecular flexibility index (Phi) is 6.46. The van der Waals surface area contributed by atoms with Crippen LogP contribution < -0.4 is 11.2 Å². The smallest absolute Gasteiger partial charge is 0.390 e. The zero-order valence-corrected chi connectivity index (χ0v) is 12.9. The second kappa shape index (κ2) is 7.52. The number of phosphoric ester groups is 1.